The van der Waals surface area contributed by atoms with Gasteiger partial charge < -0.3 is 89.9 Å². The van der Waals surface area contributed by atoms with E-state index in [4.69, 9.17) is 28.4 Å². The zero-order valence-electron chi connectivity index (χ0n) is 57.7. The van der Waals surface area contributed by atoms with Gasteiger partial charge in [0.2, 0.25) is 5.91 Å². The molecule has 0 aromatic rings. The van der Waals surface area contributed by atoms with Crippen molar-refractivity contribution >= 4 is 5.91 Å². The molecule has 19 nitrogen and oxygen atoms in total. The minimum Gasteiger partial charge on any atom is -0.394 e. The number of aliphatic hydroxyl groups is 11. The molecule has 1 amide bonds. The first-order chi connectivity index (χ1) is 45.3. The second kappa shape index (κ2) is 55.6. The lowest BCUT2D eigenvalue weighted by atomic mass is 9.96. The Balaban J connectivity index is 1.43. The van der Waals surface area contributed by atoms with Crippen LogP contribution in [0.15, 0.2) is 48.6 Å². The van der Waals surface area contributed by atoms with Gasteiger partial charge in [0.1, 0.15) is 73.2 Å². The number of aliphatic hydroxyl groups excluding tert-OH is 11. The van der Waals surface area contributed by atoms with Gasteiger partial charge >= 0.3 is 0 Å². The van der Waals surface area contributed by atoms with E-state index in [1.807, 2.05) is 6.08 Å². The summed E-state index contributed by atoms with van der Waals surface area (Å²) in [6.07, 6.45) is 40.9. The fourth-order valence-electron chi connectivity index (χ4n) is 12.5. The van der Waals surface area contributed by atoms with E-state index >= 15 is 0 Å². The topological polar surface area (TPSA) is 307 Å². The summed E-state index contributed by atoms with van der Waals surface area (Å²) in [4.78, 5) is 13.4. The molecule has 12 N–H and O–H groups in total. The maximum Gasteiger partial charge on any atom is 0.220 e. The van der Waals surface area contributed by atoms with E-state index in [1.165, 1.54) is 205 Å². The molecular formula is C74H135NO18. The number of hydrogen-bond donors (Lipinski definition) is 12. The van der Waals surface area contributed by atoms with Crippen LogP contribution in [0.5, 0.6) is 0 Å². The molecule has 544 valence electrons. The summed E-state index contributed by atoms with van der Waals surface area (Å²) in [5.41, 5.74) is 0. The molecular weight excluding hydrogens is 1190 g/mol. The predicted molar refractivity (Wildman–Crippen MR) is 365 cm³/mol. The van der Waals surface area contributed by atoms with Crippen molar-refractivity contribution in [1.29, 1.82) is 0 Å². The zero-order valence-corrected chi connectivity index (χ0v) is 57.7. The van der Waals surface area contributed by atoms with Gasteiger partial charge in [-0.3, -0.25) is 4.79 Å². The molecule has 3 saturated heterocycles. The molecule has 3 aliphatic rings. The van der Waals surface area contributed by atoms with E-state index in [0.29, 0.717) is 12.8 Å². The van der Waals surface area contributed by atoms with Crippen molar-refractivity contribution < 1.29 is 89.4 Å². The van der Waals surface area contributed by atoms with Crippen LogP contribution in [0, 0.1) is 0 Å². The molecule has 0 aliphatic carbocycles. The molecule has 0 bridgehead atoms. The highest BCUT2D eigenvalue weighted by atomic mass is 16.8. The molecule has 19 heteroatoms. The van der Waals surface area contributed by atoms with Crippen molar-refractivity contribution in [3.05, 3.63) is 48.6 Å². The lowest BCUT2D eigenvalue weighted by Gasteiger charge is -2.48. The maximum absolute atomic E-state index is 13.4. The van der Waals surface area contributed by atoms with Crippen LogP contribution >= 0.6 is 0 Å². The average Bonchev–Trinajstić information content (AvgIpc) is 0.819. The number of amides is 1. The molecule has 0 radical (unpaired) electrons. The van der Waals surface area contributed by atoms with Crippen molar-refractivity contribution in [2.24, 2.45) is 0 Å². The maximum atomic E-state index is 13.4. The fraction of sp³-hybridized carbons (Fsp3) is 0.878. The SMILES string of the molecule is CCCCCCC/C=C\C/C=C\CCCCCCCCCCCCCCCC(=O)NC(COC1OC(CO)C(OC2OC(CO)C(OC3OC(CO)C(O)C(O)C3O)C(O)C2O)C(O)C1O)C(O)/C=C/CC/C=C/CCCCCCCCCCCCCCCCCCC. The van der Waals surface area contributed by atoms with Crippen LogP contribution in [0.2, 0.25) is 0 Å². The normalized spacial score (nSPS) is 27.8. The van der Waals surface area contributed by atoms with Gasteiger partial charge in [-0.1, -0.05) is 262 Å². The number of carbonyl (C=O) groups excluding carboxylic acids is 1. The zero-order chi connectivity index (χ0) is 67.5. The Labute approximate surface area is 561 Å². The number of nitrogens with one attached hydrogen (secondary N) is 1. The van der Waals surface area contributed by atoms with Crippen LogP contribution in [0.1, 0.15) is 284 Å². The van der Waals surface area contributed by atoms with Crippen LogP contribution in [-0.4, -0.2) is 193 Å². The van der Waals surface area contributed by atoms with Gasteiger partial charge in [-0.2, -0.15) is 0 Å². The van der Waals surface area contributed by atoms with E-state index in [1.54, 1.807) is 6.08 Å². The van der Waals surface area contributed by atoms with Crippen molar-refractivity contribution in [2.75, 3.05) is 26.4 Å². The molecule has 3 rings (SSSR count). The van der Waals surface area contributed by atoms with Gasteiger partial charge in [0.05, 0.1) is 38.6 Å². The van der Waals surface area contributed by atoms with Crippen LogP contribution in [0.4, 0.5) is 0 Å². The number of allylic oxidation sites excluding steroid dienone is 7. The minimum absolute atomic E-state index is 0.235. The van der Waals surface area contributed by atoms with E-state index in [-0.39, 0.29) is 18.9 Å². The van der Waals surface area contributed by atoms with Gasteiger partial charge in [0.15, 0.2) is 18.9 Å². The Morgan fingerprint density at radius 3 is 1.14 bits per heavy atom. The van der Waals surface area contributed by atoms with Crippen molar-refractivity contribution in [3.8, 4) is 0 Å². The molecule has 17 unspecified atom stereocenters. The summed E-state index contributed by atoms with van der Waals surface area (Å²) >= 11 is 0. The largest absolute Gasteiger partial charge is 0.394 e. The molecule has 0 aromatic heterocycles. The van der Waals surface area contributed by atoms with Gasteiger partial charge in [0, 0.05) is 6.42 Å². The molecule has 0 aromatic carbocycles. The number of rotatable bonds is 58. The first-order valence-electron chi connectivity index (χ1n) is 37.4. The van der Waals surface area contributed by atoms with Gasteiger partial charge in [-0.15, -0.1) is 0 Å². The molecule has 3 aliphatic heterocycles. The highest BCUT2D eigenvalue weighted by Gasteiger charge is 2.53. The highest BCUT2D eigenvalue weighted by molar-refractivity contribution is 5.76. The Bertz CT molecular complexity index is 1870. The number of carbonyl (C=O) groups is 1. The smallest absolute Gasteiger partial charge is 0.220 e. The molecule has 93 heavy (non-hydrogen) atoms. The summed E-state index contributed by atoms with van der Waals surface area (Å²) in [6, 6.07) is -0.992. The summed E-state index contributed by atoms with van der Waals surface area (Å²) in [5.74, 6) is -0.284. The molecule has 0 spiro atoms. The first kappa shape index (κ1) is 85.0. The number of hydrogen-bond acceptors (Lipinski definition) is 18. The average molecular weight is 1330 g/mol. The third kappa shape index (κ3) is 37.0. The fourth-order valence-corrected chi connectivity index (χ4v) is 12.5. The summed E-state index contributed by atoms with van der Waals surface area (Å²) < 4.78 is 34.4. The summed E-state index contributed by atoms with van der Waals surface area (Å²) in [6.45, 7) is 1.74. The van der Waals surface area contributed by atoms with Crippen LogP contribution < -0.4 is 5.32 Å². The highest BCUT2D eigenvalue weighted by Crippen LogP contribution is 2.33. The van der Waals surface area contributed by atoms with Crippen molar-refractivity contribution in [1.82, 2.24) is 5.32 Å². The van der Waals surface area contributed by atoms with Crippen molar-refractivity contribution in [2.45, 2.75) is 388 Å². The van der Waals surface area contributed by atoms with Crippen LogP contribution in [-0.2, 0) is 33.2 Å². The Kier molecular flexibility index (Phi) is 50.8. The Morgan fingerprint density at radius 2 is 0.720 bits per heavy atom. The Morgan fingerprint density at radius 1 is 0.387 bits per heavy atom. The second-order valence-corrected chi connectivity index (χ2v) is 26.7. The lowest BCUT2D eigenvalue weighted by Crippen LogP contribution is -2.66. The second-order valence-electron chi connectivity index (χ2n) is 26.7. The van der Waals surface area contributed by atoms with E-state index in [2.05, 4.69) is 55.6 Å². The molecule has 3 heterocycles. The quantitative estimate of drug-likeness (QED) is 0.0199. The van der Waals surface area contributed by atoms with Crippen LogP contribution in [0.3, 0.4) is 0 Å². The van der Waals surface area contributed by atoms with E-state index < -0.39 is 124 Å². The first-order valence-corrected chi connectivity index (χ1v) is 37.4. The minimum atomic E-state index is -1.98. The summed E-state index contributed by atoms with van der Waals surface area (Å²) in [7, 11) is 0. The van der Waals surface area contributed by atoms with Crippen LogP contribution in [0.25, 0.3) is 0 Å². The lowest BCUT2D eigenvalue weighted by molar-refractivity contribution is -0.379. The molecule has 3 fully saturated rings. The van der Waals surface area contributed by atoms with Gasteiger partial charge in [-0.25, -0.2) is 0 Å². The monoisotopic (exact) mass is 1330 g/mol. The summed E-state index contributed by atoms with van der Waals surface area (Å²) in [5, 5.41) is 121. The Hall–Kier alpha value is -2.25. The third-order valence-corrected chi connectivity index (χ3v) is 18.6. The van der Waals surface area contributed by atoms with Crippen molar-refractivity contribution in [3.63, 3.8) is 0 Å². The number of unbranched alkanes of at least 4 members (excludes halogenated alkanes) is 36. The van der Waals surface area contributed by atoms with Gasteiger partial charge in [0.25, 0.3) is 0 Å². The molecule has 0 saturated carbocycles. The third-order valence-electron chi connectivity index (χ3n) is 18.6. The van der Waals surface area contributed by atoms with E-state index in [0.717, 1.165) is 44.9 Å². The standard InChI is InChI=1S/C74H135NO18/c1-3-5-7-9-11-13-15-17-19-21-23-25-27-28-30-32-34-36-38-40-42-44-46-48-50-52-62(80)75-57(58(79)51-49-47-45-43-41-39-37-35-33-31-29-26-24-22-20-18-16-14-12-10-8-6-4-2)56-88-72-68(86)65(83)70(60(54-77)90-72)93-74-69(87)66(84)71(61(55-78)91-74)92-73-67(85)64(82)63(81)59(53-76)89-73/h15,17,21,23,41,43,49,51,57-61,63-74,76-79,81-87H,3-14,16,18-20,22,24-40,42,44-48,50,52-56H2,1-2H3,(H,75,80)/b17-15-,23-21-,43-41+,51-49+. The van der Waals surface area contributed by atoms with E-state index in [9.17, 15) is 61.0 Å². The predicted octanol–water partition coefficient (Wildman–Crippen LogP) is 10.9. The molecule has 17 atom stereocenters. The number of ether oxygens (including phenoxy) is 6. The van der Waals surface area contributed by atoms with Gasteiger partial charge in [-0.05, 0) is 64.2 Å².